The second-order valence-corrected chi connectivity index (χ2v) is 10.7. The Bertz CT molecular complexity index is 1800. The number of nitriles is 1. The summed E-state index contributed by atoms with van der Waals surface area (Å²) in [5.41, 5.74) is 11.0. The van der Waals surface area contributed by atoms with Crippen molar-refractivity contribution < 1.29 is 23.1 Å². The molecule has 4 N–H and O–H groups in total. The van der Waals surface area contributed by atoms with Crippen molar-refractivity contribution >= 4 is 34.2 Å². The van der Waals surface area contributed by atoms with Gasteiger partial charge in [-0.15, -0.1) is 0 Å². The number of nitrogen functional groups attached to an aromatic ring is 1. The lowest BCUT2D eigenvalue weighted by Gasteiger charge is -2.35. The molecule has 0 unspecified atom stereocenters. The number of alkyl halides is 2. The van der Waals surface area contributed by atoms with Crippen molar-refractivity contribution in [2.45, 2.75) is 44.7 Å². The number of nitrogens with two attached hydrogens (primary N) is 1. The number of fused-ring (bicyclic) bond motifs is 1. The van der Waals surface area contributed by atoms with Crippen molar-refractivity contribution in [1.82, 2.24) is 14.9 Å². The molecule has 9 nitrogen and oxygen atoms in total. The highest BCUT2D eigenvalue weighted by molar-refractivity contribution is 6.11. The van der Waals surface area contributed by atoms with Gasteiger partial charge >= 0.3 is 0 Å². The Morgan fingerprint density at radius 3 is 2.47 bits per heavy atom. The topological polar surface area (TPSA) is 135 Å². The van der Waals surface area contributed by atoms with Gasteiger partial charge in [0, 0.05) is 42.4 Å². The molecule has 0 aliphatic heterocycles. The Balaban J connectivity index is 1.71. The first-order valence-electron chi connectivity index (χ1n) is 13.6. The van der Waals surface area contributed by atoms with Gasteiger partial charge in [-0.2, -0.15) is 5.26 Å². The van der Waals surface area contributed by atoms with E-state index >= 15 is 0 Å². The molecule has 11 heteroatoms. The highest BCUT2D eigenvalue weighted by Gasteiger charge is 2.46. The SMILES string of the molecule is C=CC(=O)Nc1ccc(-c2c(-c3ccc(C(=O)NC4CC(F)(F)C4)c(OC)c3)c3c(N)ncc(C#N)c3n2C(C)C)cc1. The average Bonchev–Trinajstić information content (AvgIpc) is 3.34. The molecule has 0 saturated heterocycles. The number of pyridine rings is 1. The van der Waals surface area contributed by atoms with Crippen LogP contribution in [0.2, 0.25) is 0 Å². The monoisotopic (exact) mass is 584 g/mol. The van der Waals surface area contributed by atoms with Crippen LogP contribution in [-0.4, -0.2) is 40.4 Å². The molecule has 2 heterocycles. The quantitative estimate of drug-likeness (QED) is 0.215. The Kier molecular flexibility index (Phi) is 7.63. The lowest BCUT2D eigenvalue weighted by atomic mass is 9.88. The molecule has 4 aromatic rings. The zero-order chi connectivity index (χ0) is 31.1. The molecule has 0 bridgehead atoms. The molecular weight excluding hydrogens is 554 g/mol. The first kappa shape index (κ1) is 29.3. The molecule has 220 valence electrons. The number of carbonyl (C=O) groups is 2. The largest absolute Gasteiger partial charge is 0.496 e. The number of carbonyl (C=O) groups excluding carboxylic acids is 2. The van der Waals surface area contributed by atoms with Crippen LogP contribution in [0.3, 0.4) is 0 Å². The Morgan fingerprint density at radius 2 is 1.88 bits per heavy atom. The number of hydrogen-bond acceptors (Lipinski definition) is 6. The van der Waals surface area contributed by atoms with E-state index in [1.54, 1.807) is 30.3 Å². The van der Waals surface area contributed by atoms with E-state index in [0.29, 0.717) is 33.3 Å². The number of nitrogens with one attached hydrogen (secondary N) is 2. The minimum absolute atomic E-state index is 0.118. The maximum absolute atomic E-state index is 13.3. The number of rotatable bonds is 8. The smallest absolute Gasteiger partial charge is 0.255 e. The number of amides is 2. The maximum atomic E-state index is 13.3. The van der Waals surface area contributed by atoms with Crippen LogP contribution in [0.25, 0.3) is 33.3 Å². The van der Waals surface area contributed by atoms with E-state index in [0.717, 1.165) is 11.3 Å². The van der Waals surface area contributed by atoms with Crippen molar-refractivity contribution in [2.75, 3.05) is 18.2 Å². The fourth-order valence-corrected chi connectivity index (χ4v) is 5.49. The van der Waals surface area contributed by atoms with Gasteiger partial charge in [-0.3, -0.25) is 9.59 Å². The molecule has 1 aliphatic carbocycles. The molecule has 0 radical (unpaired) electrons. The number of aromatic nitrogens is 2. The van der Waals surface area contributed by atoms with E-state index in [2.05, 4.69) is 28.3 Å². The Labute approximate surface area is 247 Å². The summed E-state index contributed by atoms with van der Waals surface area (Å²) in [5.74, 6) is -3.17. The molecule has 2 amide bonds. The predicted octanol–water partition coefficient (Wildman–Crippen LogP) is 6.07. The lowest BCUT2D eigenvalue weighted by molar-refractivity contribution is -0.111. The Morgan fingerprint density at radius 1 is 1.21 bits per heavy atom. The van der Waals surface area contributed by atoms with Crippen LogP contribution in [0, 0.1) is 11.3 Å². The van der Waals surface area contributed by atoms with Crippen LogP contribution in [0.4, 0.5) is 20.3 Å². The van der Waals surface area contributed by atoms with Crippen LogP contribution < -0.4 is 21.1 Å². The fourth-order valence-electron chi connectivity index (χ4n) is 5.49. The summed E-state index contributed by atoms with van der Waals surface area (Å²) < 4.78 is 34.3. The van der Waals surface area contributed by atoms with Crippen molar-refractivity contribution in [1.29, 1.82) is 5.26 Å². The second kappa shape index (κ2) is 11.2. The number of halogens is 2. The van der Waals surface area contributed by atoms with E-state index < -0.39 is 30.7 Å². The van der Waals surface area contributed by atoms with Gasteiger partial charge in [0.05, 0.1) is 34.8 Å². The van der Waals surface area contributed by atoms with Gasteiger partial charge in [-0.1, -0.05) is 24.8 Å². The van der Waals surface area contributed by atoms with Gasteiger partial charge in [0.25, 0.3) is 11.8 Å². The van der Waals surface area contributed by atoms with E-state index in [1.165, 1.54) is 19.4 Å². The second-order valence-electron chi connectivity index (χ2n) is 10.7. The van der Waals surface area contributed by atoms with Crippen LogP contribution in [0.15, 0.2) is 61.3 Å². The summed E-state index contributed by atoms with van der Waals surface area (Å²) in [6.07, 6.45) is 1.82. The summed E-state index contributed by atoms with van der Waals surface area (Å²) in [6.45, 7) is 7.45. The third-order valence-electron chi connectivity index (χ3n) is 7.46. The van der Waals surface area contributed by atoms with Crippen molar-refractivity contribution in [3.05, 3.63) is 72.4 Å². The van der Waals surface area contributed by atoms with Gasteiger partial charge in [0.2, 0.25) is 5.91 Å². The number of anilines is 2. The van der Waals surface area contributed by atoms with Crippen LogP contribution in [0.1, 0.15) is 48.7 Å². The van der Waals surface area contributed by atoms with Crippen LogP contribution >= 0.6 is 0 Å². The highest BCUT2D eigenvalue weighted by atomic mass is 19.3. The zero-order valence-electron chi connectivity index (χ0n) is 23.9. The molecule has 1 saturated carbocycles. The van der Waals surface area contributed by atoms with Gasteiger partial charge < -0.3 is 25.7 Å². The van der Waals surface area contributed by atoms with Crippen LogP contribution in [-0.2, 0) is 4.79 Å². The zero-order valence-corrected chi connectivity index (χ0v) is 23.9. The van der Waals surface area contributed by atoms with E-state index in [1.807, 2.05) is 30.5 Å². The summed E-state index contributed by atoms with van der Waals surface area (Å²) in [4.78, 5) is 29.1. The van der Waals surface area contributed by atoms with Crippen molar-refractivity contribution in [2.24, 2.45) is 0 Å². The van der Waals surface area contributed by atoms with Gasteiger partial charge in [-0.25, -0.2) is 13.8 Å². The maximum Gasteiger partial charge on any atom is 0.255 e. The van der Waals surface area contributed by atoms with Crippen molar-refractivity contribution in [3.63, 3.8) is 0 Å². The first-order chi connectivity index (χ1) is 20.5. The minimum Gasteiger partial charge on any atom is -0.496 e. The minimum atomic E-state index is -2.77. The molecule has 2 aromatic heterocycles. The summed E-state index contributed by atoms with van der Waals surface area (Å²) >= 11 is 0. The average molecular weight is 585 g/mol. The molecule has 5 rings (SSSR count). The Hall–Kier alpha value is -5.24. The summed E-state index contributed by atoms with van der Waals surface area (Å²) in [7, 11) is 1.42. The molecule has 43 heavy (non-hydrogen) atoms. The van der Waals surface area contributed by atoms with Crippen molar-refractivity contribution in [3.8, 4) is 34.2 Å². The first-order valence-corrected chi connectivity index (χ1v) is 13.6. The normalized spacial score (nSPS) is 14.2. The third kappa shape index (κ3) is 5.39. The highest BCUT2D eigenvalue weighted by Crippen LogP contribution is 2.46. The van der Waals surface area contributed by atoms with E-state index in [4.69, 9.17) is 10.5 Å². The van der Waals surface area contributed by atoms with Gasteiger partial charge in [-0.05, 0) is 55.3 Å². The fraction of sp³-hybridized carbons (Fsp3) is 0.250. The van der Waals surface area contributed by atoms with Gasteiger partial charge in [0.1, 0.15) is 17.6 Å². The number of ether oxygens (including phenoxy) is 1. The molecule has 0 atom stereocenters. The predicted molar refractivity (Wildman–Crippen MR) is 161 cm³/mol. The number of benzene rings is 2. The summed E-state index contributed by atoms with van der Waals surface area (Å²) in [5, 5.41) is 16.0. The number of methoxy groups -OCH3 is 1. The molecule has 2 aromatic carbocycles. The summed E-state index contributed by atoms with van der Waals surface area (Å²) in [6, 6.07) is 13.7. The molecule has 1 aliphatic rings. The molecular formula is C32H30F2N6O3. The standard InChI is InChI=1S/C32H30F2N6O3/c1-5-25(41)38-21-9-6-18(7-10-21)28-26(27-29(40(28)17(2)3)20(15-35)16-37-30(27)36)19-8-11-23(24(12-19)43-4)31(42)39-22-13-32(33,34)14-22/h5-12,16-17,22H,1,13-14H2,2-4H3,(H2,36,37)(H,38,41)(H,39,42). The van der Waals surface area contributed by atoms with E-state index in [-0.39, 0.29) is 29.1 Å². The van der Waals surface area contributed by atoms with E-state index in [9.17, 15) is 23.6 Å². The number of nitrogens with zero attached hydrogens (tertiary/aromatic N) is 3. The van der Waals surface area contributed by atoms with Gasteiger partial charge in [0.15, 0.2) is 0 Å². The molecule has 1 fully saturated rings. The van der Waals surface area contributed by atoms with Crippen LogP contribution in [0.5, 0.6) is 5.75 Å². The number of hydrogen-bond donors (Lipinski definition) is 3. The lowest BCUT2D eigenvalue weighted by Crippen LogP contribution is -2.50. The third-order valence-corrected chi connectivity index (χ3v) is 7.46. The molecule has 0 spiro atoms.